The quantitative estimate of drug-likeness (QED) is 0.812. The minimum absolute atomic E-state index is 0.0156. The second-order valence-electron chi connectivity index (χ2n) is 4.94. The van der Waals surface area contributed by atoms with E-state index in [0.717, 1.165) is 12.8 Å². The molecule has 0 saturated carbocycles. The number of carbonyl (C=O) groups excluding carboxylic acids is 2. The van der Waals surface area contributed by atoms with Gasteiger partial charge >= 0.3 is 0 Å². The van der Waals surface area contributed by atoms with Crippen LogP contribution in [0.4, 0.5) is 5.69 Å². The monoisotopic (exact) mass is 295 g/mol. The first kappa shape index (κ1) is 14.7. The molecule has 1 atom stereocenters. The molecule has 1 unspecified atom stereocenters. The Morgan fingerprint density at radius 2 is 2.20 bits per heavy atom. The summed E-state index contributed by atoms with van der Waals surface area (Å²) in [6.07, 6.45) is 1.64. The minimum Gasteiger partial charge on any atom is -0.398 e. The lowest BCUT2D eigenvalue weighted by Gasteiger charge is -2.32. The van der Waals surface area contributed by atoms with Gasteiger partial charge in [0.25, 0.3) is 5.91 Å². The van der Waals surface area contributed by atoms with Crippen molar-refractivity contribution in [2.75, 3.05) is 25.9 Å². The molecule has 2 rings (SSSR count). The summed E-state index contributed by atoms with van der Waals surface area (Å²) in [6.45, 7) is 1.11. The van der Waals surface area contributed by atoms with Gasteiger partial charge in [-0.05, 0) is 31.0 Å². The Morgan fingerprint density at radius 3 is 2.85 bits per heavy atom. The maximum Gasteiger partial charge on any atom is 0.253 e. The number of amides is 2. The summed E-state index contributed by atoms with van der Waals surface area (Å²) < 4.78 is 0. The number of piperidine rings is 1. The molecule has 2 amide bonds. The van der Waals surface area contributed by atoms with Crippen LogP contribution in [-0.4, -0.2) is 36.9 Å². The molecule has 5 nitrogen and oxygen atoms in total. The van der Waals surface area contributed by atoms with Gasteiger partial charge in [0, 0.05) is 25.7 Å². The van der Waals surface area contributed by atoms with E-state index in [1.165, 1.54) is 0 Å². The average Bonchev–Trinajstić information content (AvgIpc) is 2.48. The number of hydrogen-bond donors (Lipinski definition) is 2. The number of likely N-dealkylation sites (tertiary alicyclic amines) is 1. The first-order valence-electron chi connectivity index (χ1n) is 6.59. The average molecular weight is 296 g/mol. The van der Waals surface area contributed by atoms with E-state index in [4.69, 9.17) is 17.3 Å². The first-order chi connectivity index (χ1) is 9.52. The zero-order chi connectivity index (χ0) is 14.7. The molecule has 0 aliphatic carbocycles. The number of anilines is 1. The van der Waals surface area contributed by atoms with Crippen LogP contribution in [0.3, 0.4) is 0 Å². The molecule has 0 aromatic heterocycles. The number of nitrogens with one attached hydrogen (secondary N) is 1. The third-order valence-corrected chi connectivity index (χ3v) is 3.91. The van der Waals surface area contributed by atoms with Crippen molar-refractivity contribution < 1.29 is 9.59 Å². The van der Waals surface area contributed by atoms with Crippen LogP contribution in [-0.2, 0) is 4.79 Å². The van der Waals surface area contributed by atoms with E-state index in [0.29, 0.717) is 29.4 Å². The second kappa shape index (κ2) is 6.13. The summed E-state index contributed by atoms with van der Waals surface area (Å²) >= 11 is 5.85. The molecule has 0 spiro atoms. The standard InChI is InChI=1S/C14H18ClN3O2/c1-17-13(19)10-3-2-6-18(8-10)14(20)9-4-5-11(15)12(16)7-9/h4-5,7,10H,2-3,6,8,16H2,1H3,(H,17,19). The summed E-state index contributed by atoms with van der Waals surface area (Å²) in [7, 11) is 1.61. The number of hydrogen-bond acceptors (Lipinski definition) is 3. The molecule has 1 saturated heterocycles. The maximum atomic E-state index is 12.4. The first-order valence-corrected chi connectivity index (χ1v) is 6.96. The van der Waals surface area contributed by atoms with Crippen LogP contribution in [0.1, 0.15) is 23.2 Å². The highest BCUT2D eigenvalue weighted by Crippen LogP contribution is 2.23. The predicted molar refractivity (Wildman–Crippen MR) is 78.6 cm³/mol. The number of nitrogens with two attached hydrogens (primary N) is 1. The topological polar surface area (TPSA) is 75.4 Å². The molecule has 108 valence electrons. The Kier molecular flexibility index (Phi) is 4.49. The van der Waals surface area contributed by atoms with Gasteiger partial charge in [0.15, 0.2) is 0 Å². The normalized spacial score (nSPS) is 18.7. The van der Waals surface area contributed by atoms with E-state index >= 15 is 0 Å². The van der Waals surface area contributed by atoms with Gasteiger partial charge in [-0.1, -0.05) is 11.6 Å². The van der Waals surface area contributed by atoms with Gasteiger partial charge in [-0.3, -0.25) is 9.59 Å². The zero-order valence-electron chi connectivity index (χ0n) is 11.4. The predicted octanol–water partition coefficient (Wildman–Crippen LogP) is 1.52. The number of nitrogens with zero attached hydrogens (tertiary/aromatic N) is 1. The molecule has 1 aromatic carbocycles. The van der Waals surface area contributed by atoms with Crippen molar-refractivity contribution in [1.82, 2.24) is 10.2 Å². The van der Waals surface area contributed by atoms with Crippen molar-refractivity contribution in [2.24, 2.45) is 5.92 Å². The molecule has 20 heavy (non-hydrogen) atoms. The molecular formula is C14H18ClN3O2. The van der Waals surface area contributed by atoms with E-state index in [2.05, 4.69) is 5.32 Å². The Bertz CT molecular complexity index is 533. The molecule has 1 heterocycles. The van der Waals surface area contributed by atoms with E-state index in [1.807, 2.05) is 0 Å². The summed E-state index contributed by atoms with van der Waals surface area (Å²) in [5, 5.41) is 3.07. The molecule has 1 aliphatic heterocycles. The number of rotatable bonds is 2. The van der Waals surface area contributed by atoms with Gasteiger partial charge in [-0.15, -0.1) is 0 Å². The molecular weight excluding hydrogens is 278 g/mol. The van der Waals surface area contributed by atoms with Crippen molar-refractivity contribution in [2.45, 2.75) is 12.8 Å². The zero-order valence-corrected chi connectivity index (χ0v) is 12.1. The van der Waals surface area contributed by atoms with Crippen molar-refractivity contribution in [3.8, 4) is 0 Å². The highest BCUT2D eigenvalue weighted by Gasteiger charge is 2.28. The lowest BCUT2D eigenvalue weighted by atomic mass is 9.96. The van der Waals surface area contributed by atoms with Crippen LogP contribution in [0.15, 0.2) is 18.2 Å². The number of carbonyl (C=O) groups is 2. The van der Waals surface area contributed by atoms with Gasteiger partial charge in [-0.2, -0.15) is 0 Å². The largest absolute Gasteiger partial charge is 0.398 e. The van der Waals surface area contributed by atoms with Crippen LogP contribution in [0, 0.1) is 5.92 Å². The minimum atomic E-state index is -0.137. The molecule has 1 aromatic rings. The third kappa shape index (κ3) is 3.04. The van der Waals surface area contributed by atoms with Gasteiger partial charge < -0.3 is 16.0 Å². The van der Waals surface area contributed by atoms with Crippen LogP contribution < -0.4 is 11.1 Å². The van der Waals surface area contributed by atoms with Gasteiger partial charge in [0.2, 0.25) is 5.91 Å². The van der Waals surface area contributed by atoms with Gasteiger partial charge in [-0.25, -0.2) is 0 Å². The van der Waals surface area contributed by atoms with Gasteiger partial charge in [0.1, 0.15) is 0 Å². The van der Waals surface area contributed by atoms with Crippen LogP contribution in [0.2, 0.25) is 5.02 Å². The summed E-state index contributed by atoms with van der Waals surface area (Å²) in [5.41, 5.74) is 6.61. The smallest absolute Gasteiger partial charge is 0.253 e. The Morgan fingerprint density at radius 1 is 1.45 bits per heavy atom. The number of benzene rings is 1. The van der Waals surface area contributed by atoms with Crippen LogP contribution in [0.25, 0.3) is 0 Å². The summed E-state index contributed by atoms with van der Waals surface area (Å²) in [4.78, 5) is 25.8. The molecule has 6 heteroatoms. The van der Waals surface area contributed by atoms with E-state index in [9.17, 15) is 9.59 Å². The molecule has 3 N–H and O–H groups in total. The maximum absolute atomic E-state index is 12.4. The van der Waals surface area contributed by atoms with E-state index < -0.39 is 0 Å². The summed E-state index contributed by atoms with van der Waals surface area (Å²) in [5.74, 6) is -0.262. The lowest BCUT2D eigenvalue weighted by molar-refractivity contribution is -0.125. The highest BCUT2D eigenvalue weighted by atomic mass is 35.5. The number of nitrogen functional groups attached to an aromatic ring is 1. The molecule has 1 aliphatic rings. The van der Waals surface area contributed by atoms with E-state index in [1.54, 1.807) is 30.1 Å². The van der Waals surface area contributed by atoms with E-state index in [-0.39, 0.29) is 17.7 Å². The SMILES string of the molecule is CNC(=O)C1CCCN(C(=O)c2ccc(Cl)c(N)c2)C1. The Balaban J connectivity index is 2.12. The molecule has 1 fully saturated rings. The fraction of sp³-hybridized carbons (Fsp3) is 0.429. The molecule has 0 radical (unpaired) electrons. The van der Waals surface area contributed by atoms with Crippen molar-refractivity contribution in [3.63, 3.8) is 0 Å². The molecule has 0 bridgehead atoms. The van der Waals surface area contributed by atoms with Crippen molar-refractivity contribution in [1.29, 1.82) is 0 Å². The fourth-order valence-corrected chi connectivity index (χ4v) is 2.56. The van der Waals surface area contributed by atoms with Crippen molar-refractivity contribution in [3.05, 3.63) is 28.8 Å². The van der Waals surface area contributed by atoms with Gasteiger partial charge in [0.05, 0.1) is 16.6 Å². The fourth-order valence-electron chi connectivity index (χ4n) is 2.44. The third-order valence-electron chi connectivity index (χ3n) is 3.57. The van der Waals surface area contributed by atoms with Crippen molar-refractivity contribution >= 4 is 29.1 Å². The Labute approximate surface area is 123 Å². The van der Waals surface area contributed by atoms with Crippen LogP contribution in [0.5, 0.6) is 0 Å². The number of halogens is 1. The second-order valence-corrected chi connectivity index (χ2v) is 5.35. The Hall–Kier alpha value is -1.75. The summed E-state index contributed by atoms with van der Waals surface area (Å²) in [6, 6.07) is 4.85. The lowest BCUT2D eigenvalue weighted by Crippen LogP contribution is -2.44. The van der Waals surface area contributed by atoms with Crippen LogP contribution >= 0.6 is 11.6 Å². The highest BCUT2D eigenvalue weighted by molar-refractivity contribution is 6.33.